The van der Waals surface area contributed by atoms with Crippen molar-refractivity contribution in [3.05, 3.63) is 64.1 Å². The summed E-state index contributed by atoms with van der Waals surface area (Å²) in [4.78, 5) is 10.7. The Hall–Kier alpha value is -1.81. The average Bonchev–Trinajstić information content (AvgIpc) is 2.44. The number of rotatable bonds is 6. The van der Waals surface area contributed by atoms with Crippen LogP contribution in [0.5, 0.6) is 0 Å². The molecule has 2 aromatic rings. The van der Waals surface area contributed by atoms with Crippen LogP contribution >= 0.6 is 15.9 Å². The maximum absolute atomic E-state index is 10.7. The molecule has 0 aliphatic rings. The Balaban J connectivity index is 1.77. The Bertz CT molecular complexity index is 581. The minimum atomic E-state index is -0.897. The molecule has 0 spiro atoms. The number of benzene rings is 2. The van der Waals surface area contributed by atoms with Crippen molar-refractivity contribution in [3.8, 4) is 0 Å². The minimum Gasteiger partial charge on any atom is -0.478 e. The van der Waals surface area contributed by atoms with Crippen LogP contribution in [-0.4, -0.2) is 17.6 Å². The third-order valence-electron chi connectivity index (χ3n) is 2.99. The molecule has 0 heterocycles. The van der Waals surface area contributed by atoms with Gasteiger partial charge >= 0.3 is 5.97 Å². The van der Waals surface area contributed by atoms with Crippen molar-refractivity contribution >= 4 is 27.6 Å². The quantitative estimate of drug-likeness (QED) is 0.779. The first kappa shape index (κ1) is 14.6. The second kappa shape index (κ2) is 7.10. The summed E-state index contributed by atoms with van der Waals surface area (Å²) in [5.74, 6) is -0.897. The van der Waals surface area contributed by atoms with Crippen molar-refractivity contribution < 1.29 is 9.90 Å². The van der Waals surface area contributed by atoms with Gasteiger partial charge in [0.1, 0.15) is 0 Å². The zero-order valence-electron chi connectivity index (χ0n) is 11.0. The first-order valence-corrected chi connectivity index (χ1v) is 7.26. The van der Waals surface area contributed by atoms with Crippen molar-refractivity contribution in [2.45, 2.75) is 12.8 Å². The van der Waals surface area contributed by atoms with Gasteiger partial charge in [-0.15, -0.1) is 0 Å². The van der Waals surface area contributed by atoms with Gasteiger partial charge in [0.05, 0.1) is 5.56 Å². The molecule has 0 atom stereocenters. The number of carbonyl (C=O) groups is 1. The van der Waals surface area contributed by atoms with E-state index in [1.807, 2.05) is 12.1 Å². The predicted molar refractivity (Wildman–Crippen MR) is 84.4 cm³/mol. The number of aryl methyl sites for hydroxylation is 1. The monoisotopic (exact) mass is 333 g/mol. The molecule has 0 aliphatic carbocycles. The molecule has 0 unspecified atom stereocenters. The van der Waals surface area contributed by atoms with E-state index in [9.17, 15) is 4.79 Å². The zero-order valence-corrected chi connectivity index (χ0v) is 12.6. The molecule has 2 N–H and O–H groups in total. The summed E-state index contributed by atoms with van der Waals surface area (Å²) in [7, 11) is 0. The zero-order chi connectivity index (χ0) is 14.4. The van der Waals surface area contributed by atoms with Gasteiger partial charge in [-0.25, -0.2) is 4.79 Å². The fourth-order valence-electron chi connectivity index (χ4n) is 1.95. The molecule has 0 aliphatic heterocycles. The van der Waals surface area contributed by atoms with Gasteiger partial charge in [-0.2, -0.15) is 0 Å². The summed E-state index contributed by atoms with van der Waals surface area (Å²) < 4.78 is 1.10. The van der Waals surface area contributed by atoms with Gasteiger partial charge in [0.25, 0.3) is 0 Å². The summed E-state index contributed by atoms with van der Waals surface area (Å²) >= 11 is 3.46. The van der Waals surface area contributed by atoms with Gasteiger partial charge in [-0.3, -0.25) is 0 Å². The van der Waals surface area contributed by atoms with E-state index in [0.717, 1.165) is 29.5 Å². The van der Waals surface area contributed by atoms with Crippen molar-refractivity contribution in [1.82, 2.24) is 0 Å². The SMILES string of the molecule is O=C(O)c1ccc(NCCCc2cccc(Br)c2)cc1. The fourth-order valence-corrected chi connectivity index (χ4v) is 2.40. The molecule has 0 radical (unpaired) electrons. The molecule has 104 valence electrons. The standard InChI is InChI=1S/C16H16BrNO2/c17-14-5-1-3-12(11-14)4-2-10-18-15-8-6-13(7-9-15)16(19)20/h1,3,5-9,11,18H,2,4,10H2,(H,19,20). The van der Waals surface area contributed by atoms with Crippen molar-refractivity contribution in [3.63, 3.8) is 0 Å². The molecule has 0 saturated carbocycles. The smallest absolute Gasteiger partial charge is 0.335 e. The van der Waals surface area contributed by atoms with E-state index in [-0.39, 0.29) is 0 Å². The van der Waals surface area contributed by atoms with Crippen molar-refractivity contribution in [2.75, 3.05) is 11.9 Å². The molecule has 2 rings (SSSR count). The van der Waals surface area contributed by atoms with E-state index < -0.39 is 5.97 Å². The number of carboxylic acid groups (broad SMARTS) is 1. The normalized spacial score (nSPS) is 10.2. The van der Waals surface area contributed by atoms with E-state index in [0.29, 0.717) is 5.56 Å². The molecule has 0 saturated heterocycles. The molecule has 2 aromatic carbocycles. The van der Waals surface area contributed by atoms with Crippen molar-refractivity contribution in [1.29, 1.82) is 0 Å². The summed E-state index contributed by atoms with van der Waals surface area (Å²) in [5.41, 5.74) is 2.57. The summed E-state index contributed by atoms with van der Waals surface area (Å²) in [6.45, 7) is 0.860. The van der Waals surface area contributed by atoms with Crippen LogP contribution in [0, 0.1) is 0 Å². The van der Waals surface area contributed by atoms with Crippen LogP contribution in [0.1, 0.15) is 22.3 Å². The van der Waals surface area contributed by atoms with E-state index in [4.69, 9.17) is 5.11 Å². The van der Waals surface area contributed by atoms with Gasteiger partial charge in [0, 0.05) is 16.7 Å². The van der Waals surface area contributed by atoms with Gasteiger partial charge < -0.3 is 10.4 Å². The number of carboxylic acids is 1. The molecular weight excluding hydrogens is 318 g/mol. The second-order valence-corrected chi connectivity index (χ2v) is 5.46. The molecule has 0 fully saturated rings. The summed E-state index contributed by atoms with van der Waals surface area (Å²) in [5, 5.41) is 12.1. The number of hydrogen-bond acceptors (Lipinski definition) is 2. The Labute approximate surface area is 126 Å². The Morgan fingerprint density at radius 3 is 2.55 bits per heavy atom. The number of aromatic carboxylic acids is 1. The topological polar surface area (TPSA) is 49.3 Å². The molecule has 3 nitrogen and oxygen atoms in total. The first-order valence-electron chi connectivity index (χ1n) is 6.47. The maximum Gasteiger partial charge on any atom is 0.335 e. The molecule has 0 bridgehead atoms. The highest BCUT2D eigenvalue weighted by Gasteiger charge is 2.01. The largest absolute Gasteiger partial charge is 0.478 e. The Kier molecular flexibility index (Phi) is 5.18. The van der Waals surface area contributed by atoms with Crippen LogP contribution in [0.3, 0.4) is 0 Å². The van der Waals surface area contributed by atoms with Crippen LogP contribution in [0.2, 0.25) is 0 Å². The number of anilines is 1. The highest BCUT2D eigenvalue weighted by Crippen LogP contribution is 2.13. The molecule has 0 amide bonds. The first-order chi connectivity index (χ1) is 9.65. The number of hydrogen-bond donors (Lipinski definition) is 2. The van der Waals surface area contributed by atoms with Gasteiger partial charge in [0.15, 0.2) is 0 Å². The van der Waals surface area contributed by atoms with Crippen LogP contribution in [-0.2, 0) is 6.42 Å². The molecule has 20 heavy (non-hydrogen) atoms. The lowest BCUT2D eigenvalue weighted by atomic mass is 10.1. The Morgan fingerprint density at radius 1 is 1.15 bits per heavy atom. The van der Waals surface area contributed by atoms with Crippen LogP contribution < -0.4 is 5.32 Å². The van der Waals surface area contributed by atoms with E-state index >= 15 is 0 Å². The Morgan fingerprint density at radius 2 is 1.90 bits per heavy atom. The average molecular weight is 334 g/mol. The minimum absolute atomic E-state index is 0.310. The summed E-state index contributed by atoms with van der Waals surface area (Å²) in [6.07, 6.45) is 2.04. The van der Waals surface area contributed by atoms with E-state index in [1.165, 1.54) is 5.56 Å². The highest BCUT2D eigenvalue weighted by atomic mass is 79.9. The van der Waals surface area contributed by atoms with Gasteiger partial charge in [-0.05, 0) is 54.8 Å². The van der Waals surface area contributed by atoms with Crippen LogP contribution in [0.25, 0.3) is 0 Å². The number of nitrogens with one attached hydrogen (secondary N) is 1. The highest BCUT2D eigenvalue weighted by molar-refractivity contribution is 9.10. The lowest BCUT2D eigenvalue weighted by Gasteiger charge is -2.07. The van der Waals surface area contributed by atoms with Crippen molar-refractivity contribution in [2.24, 2.45) is 0 Å². The third kappa shape index (κ3) is 4.38. The second-order valence-electron chi connectivity index (χ2n) is 4.54. The summed E-state index contributed by atoms with van der Waals surface area (Å²) in [6, 6.07) is 15.1. The molecule has 0 aromatic heterocycles. The number of halogens is 1. The predicted octanol–water partition coefficient (Wildman–Crippen LogP) is 4.19. The van der Waals surface area contributed by atoms with E-state index in [1.54, 1.807) is 24.3 Å². The maximum atomic E-state index is 10.7. The van der Waals surface area contributed by atoms with E-state index in [2.05, 4.69) is 33.4 Å². The van der Waals surface area contributed by atoms with Gasteiger partial charge in [-0.1, -0.05) is 28.1 Å². The van der Waals surface area contributed by atoms with Crippen LogP contribution in [0.4, 0.5) is 5.69 Å². The lowest BCUT2D eigenvalue weighted by Crippen LogP contribution is -2.03. The lowest BCUT2D eigenvalue weighted by molar-refractivity contribution is 0.0697. The fraction of sp³-hybridized carbons (Fsp3) is 0.188. The third-order valence-corrected chi connectivity index (χ3v) is 3.49. The van der Waals surface area contributed by atoms with Crippen LogP contribution in [0.15, 0.2) is 53.0 Å². The molecular formula is C16H16BrNO2. The van der Waals surface area contributed by atoms with Gasteiger partial charge in [0.2, 0.25) is 0 Å². The molecule has 4 heteroatoms.